The minimum Gasteiger partial charge on any atom is -0.453 e. The Balaban J connectivity index is 1.80. The highest BCUT2D eigenvalue weighted by atomic mass is 19.1. The number of nitriles is 1. The number of amides is 1. The van der Waals surface area contributed by atoms with Crippen LogP contribution in [-0.2, 0) is 14.3 Å². The lowest BCUT2D eigenvalue weighted by atomic mass is 9.83. The predicted octanol–water partition coefficient (Wildman–Crippen LogP) is 3.06. The van der Waals surface area contributed by atoms with E-state index in [0.717, 1.165) is 19.3 Å². The van der Waals surface area contributed by atoms with Crippen molar-refractivity contribution in [2.75, 3.05) is 0 Å². The number of hydrogen-bond donors (Lipinski definition) is 1. The largest absolute Gasteiger partial charge is 0.453 e. The topological polar surface area (TPSA) is 96.3 Å². The molecule has 0 saturated heterocycles. The molecule has 7 heteroatoms. The number of rotatable bonds is 7. The number of ketones is 1. The molecule has 0 bridgehead atoms. The van der Waals surface area contributed by atoms with E-state index in [1.165, 1.54) is 31.2 Å². The minimum atomic E-state index is -1.05. The molecular weight excluding hydrogens is 351 g/mol. The summed E-state index contributed by atoms with van der Waals surface area (Å²) in [5.74, 6) is -1.95. The number of nitrogens with zero attached hydrogens (tertiary/aromatic N) is 1. The van der Waals surface area contributed by atoms with Gasteiger partial charge in [-0.15, -0.1) is 0 Å². The van der Waals surface area contributed by atoms with Crippen molar-refractivity contribution in [2.45, 2.75) is 63.5 Å². The molecule has 0 spiro atoms. The predicted molar refractivity (Wildman–Crippen MR) is 95.1 cm³/mol. The maximum atomic E-state index is 12.9. The molecule has 1 saturated carbocycles. The van der Waals surface area contributed by atoms with Crippen molar-refractivity contribution < 1.29 is 23.5 Å². The highest BCUT2D eigenvalue weighted by Gasteiger charge is 2.35. The number of ether oxygens (including phenoxy) is 1. The summed E-state index contributed by atoms with van der Waals surface area (Å²) in [5.41, 5.74) is -0.586. The number of halogens is 1. The van der Waals surface area contributed by atoms with Gasteiger partial charge in [0.1, 0.15) is 11.4 Å². The van der Waals surface area contributed by atoms with Gasteiger partial charge >= 0.3 is 5.97 Å². The van der Waals surface area contributed by atoms with Crippen LogP contribution in [0.4, 0.5) is 4.39 Å². The van der Waals surface area contributed by atoms with Crippen LogP contribution in [0.15, 0.2) is 24.3 Å². The molecule has 1 amide bonds. The second-order valence-electron chi connectivity index (χ2n) is 6.81. The van der Waals surface area contributed by atoms with E-state index in [-0.39, 0.29) is 18.6 Å². The van der Waals surface area contributed by atoms with Crippen molar-refractivity contribution in [1.82, 2.24) is 5.32 Å². The van der Waals surface area contributed by atoms with Gasteiger partial charge in [0.15, 0.2) is 11.9 Å². The molecule has 0 unspecified atom stereocenters. The number of nitrogens with one attached hydrogen (secondary N) is 1. The summed E-state index contributed by atoms with van der Waals surface area (Å²) in [5, 5.41) is 12.1. The van der Waals surface area contributed by atoms with Gasteiger partial charge in [-0.25, -0.2) is 4.39 Å². The molecule has 0 aliphatic heterocycles. The lowest BCUT2D eigenvalue weighted by Crippen LogP contribution is -2.52. The van der Waals surface area contributed by atoms with Crippen LogP contribution in [0.2, 0.25) is 0 Å². The molecule has 0 radical (unpaired) electrons. The summed E-state index contributed by atoms with van der Waals surface area (Å²) in [6.45, 7) is 1.43. The highest BCUT2D eigenvalue weighted by Crippen LogP contribution is 2.27. The van der Waals surface area contributed by atoms with Gasteiger partial charge in [0, 0.05) is 12.0 Å². The second-order valence-corrected chi connectivity index (χ2v) is 6.81. The summed E-state index contributed by atoms with van der Waals surface area (Å²) < 4.78 is 17.9. The molecule has 144 valence electrons. The average Bonchev–Trinajstić information content (AvgIpc) is 2.67. The van der Waals surface area contributed by atoms with E-state index in [4.69, 9.17) is 4.74 Å². The van der Waals surface area contributed by atoms with Crippen molar-refractivity contribution in [2.24, 2.45) is 0 Å². The zero-order valence-corrected chi connectivity index (χ0v) is 15.3. The van der Waals surface area contributed by atoms with Gasteiger partial charge in [-0.3, -0.25) is 14.4 Å². The van der Waals surface area contributed by atoms with Crippen LogP contribution >= 0.6 is 0 Å². The molecule has 1 aromatic carbocycles. The first-order valence-corrected chi connectivity index (χ1v) is 9.07. The lowest BCUT2D eigenvalue weighted by Gasteiger charge is -2.32. The SMILES string of the molecule is C[C@@H](OC(=O)CCC(=O)c1ccc(F)cc1)C(=O)NC1(C#N)CCCCC1. The van der Waals surface area contributed by atoms with Gasteiger partial charge in [-0.2, -0.15) is 5.26 Å². The molecule has 0 heterocycles. The Morgan fingerprint density at radius 3 is 2.41 bits per heavy atom. The summed E-state index contributed by atoms with van der Waals surface area (Å²) in [6, 6.07) is 7.23. The molecule has 1 aliphatic carbocycles. The van der Waals surface area contributed by atoms with Crippen LogP contribution in [0, 0.1) is 17.1 Å². The normalized spacial score (nSPS) is 16.6. The van der Waals surface area contributed by atoms with Crippen LogP contribution < -0.4 is 5.32 Å². The maximum Gasteiger partial charge on any atom is 0.307 e. The van der Waals surface area contributed by atoms with E-state index in [2.05, 4.69) is 11.4 Å². The van der Waals surface area contributed by atoms with Gasteiger partial charge < -0.3 is 10.1 Å². The first kappa shape index (κ1) is 20.6. The summed E-state index contributed by atoms with van der Waals surface area (Å²) in [6.07, 6.45) is 2.61. The van der Waals surface area contributed by atoms with Crippen LogP contribution in [-0.4, -0.2) is 29.3 Å². The van der Waals surface area contributed by atoms with E-state index in [0.29, 0.717) is 18.4 Å². The first-order chi connectivity index (χ1) is 12.8. The number of carbonyl (C=O) groups excluding carboxylic acids is 3. The van der Waals surface area contributed by atoms with Crippen molar-refractivity contribution >= 4 is 17.7 Å². The summed E-state index contributed by atoms with van der Waals surface area (Å²) >= 11 is 0. The molecule has 1 aliphatic rings. The van der Waals surface area contributed by atoms with E-state index < -0.39 is 29.3 Å². The van der Waals surface area contributed by atoms with E-state index in [1.807, 2.05) is 0 Å². The van der Waals surface area contributed by atoms with E-state index >= 15 is 0 Å². The number of esters is 1. The quantitative estimate of drug-likeness (QED) is 0.584. The third-order valence-corrected chi connectivity index (χ3v) is 4.68. The third kappa shape index (κ3) is 5.88. The first-order valence-electron chi connectivity index (χ1n) is 9.07. The monoisotopic (exact) mass is 374 g/mol. The Kier molecular flexibility index (Phi) is 7.05. The van der Waals surface area contributed by atoms with Gasteiger partial charge in [0.25, 0.3) is 5.91 Å². The zero-order valence-electron chi connectivity index (χ0n) is 15.3. The van der Waals surface area contributed by atoms with Crippen LogP contribution in [0.1, 0.15) is 62.2 Å². The maximum absolute atomic E-state index is 12.9. The van der Waals surface area contributed by atoms with Crippen LogP contribution in [0.25, 0.3) is 0 Å². The highest BCUT2D eigenvalue weighted by molar-refractivity contribution is 5.97. The fourth-order valence-corrected chi connectivity index (χ4v) is 3.06. The molecule has 6 nitrogen and oxygen atoms in total. The molecule has 1 N–H and O–H groups in total. The molecular formula is C20H23FN2O4. The fraction of sp³-hybridized carbons (Fsp3) is 0.500. The van der Waals surface area contributed by atoms with Gasteiger partial charge in [-0.1, -0.05) is 19.3 Å². The second kappa shape index (κ2) is 9.26. The van der Waals surface area contributed by atoms with E-state index in [1.54, 1.807) is 0 Å². The molecule has 1 aromatic rings. The fourth-order valence-electron chi connectivity index (χ4n) is 3.06. The Morgan fingerprint density at radius 2 is 1.81 bits per heavy atom. The Hall–Kier alpha value is -2.75. The molecule has 1 fully saturated rings. The third-order valence-electron chi connectivity index (χ3n) is 4.68. The zero-order chi connectivity index (χ0) is 19.9. The number of benzene rings is 1. The Morgan fingerprint density at radius 1 is 1.19 bits per heavy atom. The number of hydrogen-bond acceptors (Lipinski definition) is 5. The van der Waals surface area contributed by atoms with Crippen LogP contribution in [0.5, 0.6) is 0 Å². The van der Waals surface area contributed by atoms with Crippen LogP contribution in [0.3, 0.4) is 0 Å². The van der Waals surface area contributed by atoms with Crippen molar-refractivity contribution in [3.8, 4) is 6.07 Å². The van der Waals surface area contributed by atoms with Crippen molar-refractivity contribution in [3.05, 3.63) is 35.6 Å². The number of carbonyl (C=O) groups is 3. The molecule has 27 heavy (non-hydrogen) atoms. The minimum absolute atomic E-state index is 0.0963. The molecule has 0 aromatic heterocycles. The Labute approximate surface area is 157 Å². The van der Waals surface area contributed by atoms with E-state index in [9.17, 15) is 24.0 Å². The Bertz CT molecular complexity index is 733. The summed E-state index contributed by atoms with van der Waals surface area (Å²) in [7, 11) is 0. The average molecular weight is 374 g/mol. The smallest absolute Gasteiger partial charge is 0.307 e. The van der Waals surface area contributed by atoms with Gasteiger partial charge in [-0.05, 0) is 44.0 Å². The molecule has 1 atom stereocenters. The molecule has 2 rings (SSSR count). The van der Waals surface area contributed by atoms with Crippen molar-refractivity contribution in [3.63, 3.8) is 0 Å². The summed E-state index contributed by atoms with van der Waals surface area (Å²) in [4.78, 5) is 36.1. The number of Topliss-reactive ketones (excluding diaryl/α,β-unsaturated/α-hetero) is 1. The van der Waals surface area contributed by atoms with Gasteiger partial charge in [0.2, 0.25) is 0 Å². The standard InChI is InChI=1S/C20H23FN2O4/c1-14(19(26)23-20(13-22)11-3-2-4-12-20)27-18(25)10-9-17(24)15-5-7-16(21)8-6-15/h5-8,14H,2-4,9-12H2,1H3,(H,23,26)/t14-/m1/s1. The van der Waals surface area contributed by atoms with Crippen molar-refractivity contribution in [1.29, 1.82) is 5.26 Å². The van der Waals surface area contributed by atoms with Gasteiger partial charge in [0.05, 0.1) is 12.5 Å². The lowest BCUT2D eigenvalue weighted by molar-refractivity contribution is -0.155.